The molecule has 2 nitrogen and oxygen atoms in total. The molecule has 1 aromatic carbocycles. The summed E-state index contributed by atoms with van der Waals surface area (Å²) >= 11 is 0. The first-order chi connectivity index (χ1) is 6.81. The van der Waals surface area contributed by atoms with Crippen molar-refractivity contribution in [1.29, 1.82) is 0 Å². The molecule has 0 aliphatic rings. The maximum absolute atomic E-state index is 12.6. The molecule has 0 aliphatic carbocycles. The van der Waals surface area contributed by atoms with Crippen molar-refractivity contribution >= 4 is 14.5 Å². The maximum Gasteiger partial charge on any atom is 0.421 e. The van der Waals surface area contributed by atoms with E-state index in [2.05, 4.69) is 14.4 Å². The molecule has 0 spiro atoms. The van der Waals surface area contributed by atoms with Crippen LogP contribution in [0.15, 0.2) is 29.4 Å². The fraction of sp³-hybridized carbons (Fsp3) is 0.333. The topological polar surface area (TPSA) is 29.4 Å². The van der Waals surface area contributed by atoms with Gasteiger partial charge in [-0.25, -0.2) is 0 Å². The second-order valence-corrected chi connectivity index (χ2v) is 3.95. The molecule has 0 radical (unpaired) electrons. The third-order valence-electron chi connectivity index (χ3n) is 2.21. The van der Waals surface area contributed by atoms with Crippen LogP contribution in [0.1, 0.15) is 12.5 Å². The van der Waals surface area contributed by atoms with Gasteiger partial charge < -0.3 is 0 Å². The van der Waals surface area contributed by atoms with Crippen molar-refractivity contribution in [3.63, 3.8) is 0 Å². The zero-order valence-corrected chi connectivity index (χ0v) is 9.03. The first kappa shape index (κ1) is 12.1. The van der Waals surface area contributed by atoms with Gasteiger partial charge in [0.15, 0.2) is 0 Å². The number of hydrogen-bond acceptors (Lipinski definition) is 2. The molecular weight excluding hydrogens is 226 g/mol. The zero-order valence-electron chi connectivity index (χ0n) is 7.88. The lowest BCUT2D eigenvalue weighted by molar-refractivity contribution is -0.183. The molecule has 0 aliphatic heterocycles. The van der Waals surface area contributed by atoms with Gasteiger partial charge in [0, 0.05) is 0 Å². The van der Waals surface area contributed by atoms with E-state index in [1.165, 1.54) is 24.3 Å². The van der Waals surface area contributed by atoms with E-state index in [1.807, 2.05) is 0 Å². The predicted molar refractivity (Wildman–Crippen MR) is 55.0 cm³/mol. The van der Waals surface area contributed by atoms with Gasteiger partial charge in [-0.15, -0.1) is 14.1 Å². The predicted octanol–water partition coefficient (Wildman–Crippen LogP) is 2.73. The summed E-state index contributed by atoms with van der Waals surface area (Å²) in [6.45, 7) is 0.762. The number of nitroso groups, excluding NO2 is 1. The van der Waals surface area contributed by atoms with Crippen LogP contribution in [0.2, 0.25) is 0 Å². The normalized spacial score (nSPS) is 15.8. The number of alkyl halides is 3. The Morgan fingerprint density at radius 1 is 1.20 bits per heavy atom. The molecule has 1 rings (SSSR count). The minimum Gasteiger partial charge on any atom is -0.168 e. The third kappa shape index (κ3) is 2.17. The highest BCUT2D eigenvalue weighted by atomic mass is 31.0. The van der Waals surface area contributed by atoms with Crippen LogP contribution in [-0.4, -0.2) is 6.18 Å². The lowest BCUT2D eigenvalue weighted by atomic mass is 9.92. The molecule has 0 aromatic heterocycles. The molecule has 0 bridgehead atoms. The molecule has 15 heavy (non-hydrogen) atoms. The number of halogens is 3. The highest BCUT2D eigenvalue weighted by Crippen LogP contribution is 2.41. The van der Waals surface area contributed by atoms with Crippen LogP contribution in [0, 0.1) is 4.91 Å². The number of hydrogen-bond donors (Lipinski definition) is 0. The van der Waals surface area contributed by atoms with Gasteiger partial charge in [-0.3, -0.25) is 0 Å². The van der Waals surface area contributed by atoms with Crippen molar-refractivity contribution in [2.24, 2.45) is 5.18 Å². The average Bonchev–Trinajstić information content (AvgIpc) is 2.16. The van der Waals surface area contributed by atoms with Crippen LogP contribution in [-0.2, 0) is 5.54 Å². The molecule has 2 atom stereocenters. The summed E-state index contributed by atoms with van der Waals surface area (Å²) in [5, 5.41) is 2.95. The van der Waals surface area contributed by atoms with E-state index in [-0.39, 0.29) is 5.56 Å². The first-order valence-corrected chi connectivity index (χ1v) is 4.66. The summed E-state index contributed by atoms with van der Waals surface area (Å²) in [4.78, 5) is 10.4. The zero-order chi connectivity index (χ0) is 11.7. The number of benzene rings is 1. The van der Waals surface area contributed by atoms with Crippen LogP contribution < -0.4 is 5.30 Å². The second kappa shape index (κ2) is 3.89. The van der Waals surface area contributed by atoms with Gasteiger partial charge in [0.25, 0.3) is 0 Å². The fourth-order valence-corrected chi connectivity index (χ4v) is 1.27. The van der Waals surface area contributed by atoms with Crippen molar-refractivity contribution in [3.05, 3.63) is 34.7 Å². The Morgan fingerprint density at radius 2 is 1.67 bits per heavy atom. The molecule has 82 valence electrons. The summed E-state index contributed by atoms with van der Waals surface area (Å²) in [7, 11) is 2.35. The van der Waals surface area contributed by atoms with E-state index in [1.54, 1.807) is 0 Å². The lowest BCUT2D eigenvalue weighted by Crippen LogP contribution is -2.37. The number of nitrogens with zero attached hydrogens (tertiary/aromatic N) is 1. The van der Waals surface area contributed by atoms with Crippen molar-refractivity contribution in [1.82, 2.24) is 0 Å². The van der Waals surface area contributed by atoms with Crippen molar-refractivity contribution in [3.8, 4) is 0 Å². The smallest absolute Gasteiger partial charge is 0.168 e. The summed E-state index contributed by atoms with van der Waals surface area (Å²) in [6, 6.07) is 5.46. The van der Waals surface area contributed by atoms with Crippen LogP contribution in [0.3, 0.4) is 0 Å². The largest absolute Gasteiger partial charge is 0.421 e. The fourth-order valence-electron chi connectivity index (χ4n) is 1.08. The van der Waals surface area contributed by atoms with Crippen molar-refractivity contribution in [2.45, 2.75) is 18.6 Å². The van der Waals surface area contributed by atoms with Crippen LogP contribution in [0.25, 0.3) is 0 Å². The minimum atomic E-state index is -4.68. The molecule has 0 amide bonds. The maximum atomic E-state index is 12.6. The Bertz CT molecular complexity index is 363. The van der Waals surface area contributed by atoms with Crippen molar-refractivity contribution < 1.29 is 13.2 Å². The van der Waals surface area contributed by atoms with Gasteiger partial charge in [0.2, 0.25) is 5.54 Å². The van der Waals surface area contributed by atoms with E-state index in [9.17, 15) is 18.1 Å². The van der Waals surface area contributed by atoms with Gasteiger partial charge in [0.1, 0.15) is 0 Å². The first-order valence-electron chi connectivity index (χ1n) is 4.08. The van der Waals surface area contributed by atoms with Crippen LogP contribution in [0.4, 0.5) is 13.2 Å². The van der Waals surface area contributed by atoms with E-state index in [0.717, 1.165) is 12.2 Å². The molecule has 0 saturated carbocycles. The van der Waals surface area contributed by atoms with Gasteiger partial charge in [0.05, 0.1) is 0 Å². The molecular formula is C9H9F3NOP. The van der Waals surface area contributed by atoms with Gasteiger partial charge in [-0.2, -0.15) is 13.2 Å². The Hall–Kier alpha value is -0.960. The highest BCUT2D eigenvalue weighted by Gasteiger charge is 2.54. The summed E-state index contributed by atoms with van der Waals surface area (Å²) in [5.74, 6) is 0. The molecule has 2 unspecified atom stereocenters. The van der Waals surface area contributed by atoms with E-state index < -0.39 is 11.7 Å². The van der Waals surface area contributed by atoms with Gasteiger partial charge in [-0.1, -0.05) is 24.3 Å². The standard InChI is InChI=1S/C9H9F3NOP/c1-8(13-14,9(10,11)12)6-2-4-7(15)5-3-6/h2-5H,15H2,1H3. The van der Waals surface area contributed by atoms with Crippen molar-refractivity contribution in [2.75, 3.05) is 0 Å². The monoisotopic (exact) mass is 235 g/mol. The molecule has 0 fully saturated rings. The molecule has 0 N–H and O–H groups in total. The molecule has 0 saturated heterocycles. The SMILES string of the molecule is CC(N=O)(c1ccc(P)cc1)C(F)(F)F. The lowest BCUT2D eigenvalue weighted by Gasteiger charge is -2.24. The number of rotatable bonds is 2. The van der Waals surface area contributed by atoms with E-state index in [0.29, 0.717) is 0 Å². The van der Waals surface area contributed by atoms with Crippen LogP contribution in [0.5, 0.6) is 0 Å². The van der Waals surface area contributed by atoms with Gasteiger partial charge in [-0.05, 0) is 23.0 Å². The highest BCUT2D eigenvalue weighted by molar-refractivity contribution is 7.27. The van der Waals surface area contributed by atoms with Gasteiger partial charge >= 0.3 is 6.18 Å². The van der Waals surface area contributed by atoms with E-state index in [4.69, 9.17) is 0 Å². The Morgan fingerprint density at radius 3 is 2.00 bits per heavy atom. The molecule has 1 aromatic rings. The third-order valence-corrected chi connectivity index (χ3v) is 2.59. The van der Waals surface area contributed by atoms with Crippen LogP contribution >= 0.6 is 9.24 Å². The summed E-state index contributed by atoms with van der Waals surface area (Å²) in [6.07, 6.45) is -4.68. The second-order valence-electron chi connectivity index (χ2n) is 3.28. The summed E-state index contributed by atoms with van der Waals surface area (Å²) < 4.78 is 37.8. The minimum absolute atomic E-state index is 0.156. The summed E-state index contributed by atoms with van der Waals surface area (Å²) in [5.41, 5.74) is -2.83. The van der Waals surface area contributed by atoms with E-state index >= 15 is 0 Å². The Labute approximate surface area is 87.0 Å². The Balaban J connectivity index is 3.24. The average molecular weight is 235 g/mol. The molecule has 0 heterocycles. The Kier molecular flexibility index (Phi) is 3.14. The quantitative estimate of drug-likeness (QED) is 0.572. The molecule has 6 heteroatoms.